The summed E-state index contributed by atoms with van der Waals surface area (Å²) in [7, 11) is 0. The lowest BCUT2D eigenvalue weighted by molar-refractivity contribution is 1.50. The fourth-order valence-corrected chi connectivity index (χ4v) is 0.481. The van der Waals surface area contributed by atoms with Gasteiger partial charge < -0.3 is 0 Å². The maximum absolute atomic E-state index is 5.54. The van der Waals surface area contributed by atoms with Crippen LogP contribution in [0.25, 0.3) is 0 Å². The molecule has 0 aliphatic heterocycles. The molecule has 0 amide bonds. The number of allylic oxidation sites excluding steroid dienone is 4. The average molecular weight is 189 g/mol. The molecule has 72 valence electrons. The normalized spacial score (nSPS) is 8.33. The summed E-state index contributed by atoms with van der Waals surface area (Å²) < 4.78 is 0. The van der Waals surface area contributed by atoms with Gasteiger partial charge in [-0.1, -0.05) is 64.1 Å². The number of rotatable bonds is 2. The Balaban J connectivity index is -0.000000175. The predicted molar refractivity (Wildman–Crippen MR) is 61.6 cm³/mol. The van der Waals surface area contributed by atoms with Crippen LogP contribution in [0.1, 0.15) is 34.6 Å². The van der Waals surface area contributed by atoms with E-state index in [-0.39, 0.29) is 0 Å². The Kier molecular flexibility index (Phi) is 24.7. The van der Waals surface area contributed by atoms with Crippen molar-refractivity contribution in [1.29, 1.82) is 0 Å². The third kappa shape index (κ3) is 22.7. The molecule has 0 atom stereocenters. The van der Waals surface area contributed by atoms with Crippen LogP contribution in [0.5, 0.6) is 0 Å². The summed E-state index contributed by atoms with van der Waals surface area (Å²) in [6.07, 6.45) is 3.34. The summed E-state index contributed by atoms with van der Waals surface area (Å²) in [6, 6.07) is 0. The molecule has 0 aromatic rings. The van der Waals surface area contributed by atoms with Gasteiger partial charge in [-0.15, -0.1) is 0 Å². The van der Waals surface area contributed by atoms with Crippen molar-refractivity contribution in [2.24, 2.45) is 0 Å². The first-order chi connectivity index (χ1) is 5.66. The first-order valence-electron chi connectivity index (χ1n) is 4.32. The zero-order valence-corrected chi connectivity index (χ0v) is 9.70. The Labute approximate surface area is 82.6 Å². The lowest BCUT2D eigenvalue weighted by Crippen LogP contribution is -1.63. The van der Waals surface area contributed by atoms with E-state index in [1.165, 1.54) is 0 Å². The van der Waals surface area contributed by atoms with Gasteiger partial charge >= 0.3 is 0 Å². The third-order valence-electron chi connectivity index (χ3n) is 0.579. The fraction of sp³-hybridized carbons (Fsp3) is 0.455. The zero-order chi connectivity index (χ0) is 10.6. The van der Waals surface area contributed by atoms with Crippen LogP contribution in [-0.4, -0.2) is 0 Å². The van der Waals surface area contributed by atoms with Crippen molar-refractivity contribution in [3.05, 3.63) is 35.9 Å². The van der Waals surface area contributed by atoms with Gasteiger partial charge in [0.1, 0.15) is 0 Å². The molecule has 0 heterocycles. The Morgan fingerprint density at radius 2 is 1.50 bits per heavy atom. The Morgan fingerprint density at radius 1 is 1.17 bits per heavy atom. The zero-order valence-electron chi connectivity index (χ0n) is 8.95. The van der Waals surface area contributed by atoms with E-state index in [9.17, 15) is 0 Å². The number of halogens is 1. The lowest BCUT2D eigenvalue weighted by atomic mass is 10.3. The molecule has 0 nitrogen and oxygen atoms in total. The van der Waals surface area contributed by atoms with Gasteiger partial charge in [0.05, 0.1) is 0 Å². The Bertz CT molecular complexity index is 132. The van der Waals surface area contributed by atoms with Crippen LogP contribution >= 0.6 is 11.6 Å². The van der Waals surface area contributed by atoms with Crippen molar-refractivity contribution < 1.29 is 0 Å². The summed E-state index contributed by atoms with van der Waals surface area (Å²) in [5.41, 5.74) is 0.940. The molecule has 0 aliphatic rings. The number of hydrogen-bond donors (Lipinski definition) is 0. The summed E-state index contributed by atoms with van der Waals surface area (Å²) in [6.45, 7) is 17.0. The van der Waals surface area contributed by atoms with Gasteiger partial charge in [-0.25, -0.2) is 0 Å². The molecular weight excluding hydrogens is 168 g/mol. The van der Waals surface area contributed by atoms with Gasteiger partial charge in [0.2, 0.25) is 0 Å². The quantitative estimate of drug-likeness (QED) is 0.540. The molecule has 12 heavy (non-hydrogen) atoms. The molecule has 0 rings (SSSR count). The first kappa shape index (κ1) is 17.6. The van der Waals surface area contributed by atoms with E-state index in [4.69, 9.17) is 11.6 Å². The van der Waals surface area contributed by atoms with Crippen molar-refractivity contribution >= 4 is 11.6 Å². The summed E-state index contributed by atoms with van der Waals surface area (Å²) >= 11 is 5.54. The van der Waals surface area contributed by atoms with E-state index in [0.29, 0.717) is 5.03 Å². The van der Waals surface area contributed by atoms with Crippen LogP contribution in [0.2, 0.25) is 0 Å². The van der Waals surface area contributed by atoms with E-state index in [1.807, 2.05) is 34.6 Å². The van der Waals surface area contributed by atoms with Gasteiger partial charge in [0, 0.05) is 5.03 Å². The van der Waals surface area contributed by atoms with E-state index in [0.717, 1.165) is 5.57 Å². The molecule has 0 saturated carbocycles. The van der Waals surface area contributed by atoms with Crippen LogP contribution in [0, 0.1) is 0 Å². The van der Waals surface area contributed by atoms with Gasteiger partial charge in [-0.3, -0.25) is 0 Å². The Morgan fingerprint density at radius 3 is 1.58 bits per heavy atom. The summed E-state index contributed by atoms with van der Waals surface area (Å²) in [5, 5.41) is 0.637. The minimum Gasteiger partial charge on any atom is -0.0976 e. The molecule has 0 bridgehead atoms. The minimum absolute atomic E-state index is 0.637. The van der Waals surface area contributed by atoms with Crippen LogP contribution in [-0.2, 0) is 0 Å². The molecule has 0 N–H and O–H groups in total. The minimum atomic E-state index is 0.637. The molecule has 0 aromatic heterocycles. The smallest absolute Gasteiger partial charge is 0.0402 e. The molecule has 0 unspecified atom stereocenters. The van der Waals surface area contributed by atoms with Gasteiger partial charge in [0.25, 0.3) is 0 Å². The monoisotopic (exact) mass is 188 g/mol. The fourth-order valence-electron chi connectivity index (χ4n) is 0.294. The van der Waals surface area contributed by atoms with Gasteiger partial charge in [0.15, 0.2) is 0 Å². The van der Waals surface area contributed by atoms with Crippen molar-refractivity contribution in [3.63, 3.8) is 0 Å². The molecule has 0 aromatic carbocycles. The maximum atomic E-state index is 5.54. The van der Waals surface area contributed by atoms with E-state index in [2.05, 4.69) is 13.2 Å². The van der Waals surface area contributed by atoms with E-state index in [1.54, 1.807) is 12.2 Å². The van der Waals surface area contributed by atoms with Crippen LogP contribution in [0.15, 0.2) is 35.9 Å². The van der Waals surface area contributed by atoms with Crippen molar-refractivity contribution in [2.45, 2.75) is 34.6 Å². The molecule has 0 spiro atoms. The van der Waals surface area contributed by atoms with Crippen molar-refractivity contribution in [2.75, 3.05) is 0 Å². The lowest BCUT2D eigenvalue weighted by Gasteiger charge is -1.85. The van der Waals surface area contributed by atoms with Crippen LogP contribution in [0.4, 0.5) is 0 Å². The van der Waals surface area contributed by atoms with Crippen LogP contribution < -0.4 is 0 Å². The van der Waals surface area contributed by atoms with Gasteiger partial charge in [-0.05, 0) is 13.0 Å². The maximum Gasteiger partial charge on any atom is 0.0402 e. The standard InChI is InChI=1S/C7H9Cl.2C2H6/c1-4-7(8)5-6(2)3;2*1-2/h4-5H,1-2H2,3H3;2*1-2H3/b7-5+;;. The predicted octanol–water partition coefficient (Wildman–Crippen LogP) is 4.92. The highest BCUT2D eigenvalue weighted by molar-refractivity contribution is 6.31. The van der Waals surface area contributed by atoms with E-state index < -0.39 is 0 Å². The highest BCUT2D eigenvalue weighted by Crippen LogP contribution is 2.04. The first-order valence-corrected chi connectivity index (χ1v) is 4.69. The second-order valence-electron chi connectivity index (χ2n) is 1.58. The molecule has 0 saturated heterocycles. The molecular formula is C11H21Cl. The summed E-state index contributed by atoms with van der Waals surface area (Å²) in [5.74, 6) is 0. The van der Waals surface area contributed by atoms with Crippen LogP contribution in [0.3, 0.4) is 0 Å². The number of hydrogen-bond acceptors (Lipinski definition) is 0. The van der Waals surface area contributed by atoms with Crippen molar-refractivity contribution in [3.8, 4) is 0 Å². The second-order valence-corrected chi connectivity index (χ2v) is 2.02. The Hall–Kier alpha value is -0.490. The second kappa shape index (κ2) is 16.9. The molecule has 0 fully saturated rings. The topological polar surface area (TPSA) is 0 Å². The molecule has 0 aliphatic carbocycles. The SMILES string of the molecule is C=C/C(Cl)=C\C(=C)C.CC.CC. The third-order valence-corrected chi connectivity index (χ3v) is 0.843. The molecule has 0 radical (unpaired) electrons. The van der Waals surface area contributed by atoms with Crippen molar-refractivity contribution in [1.82, 2.24) is 0 Å². The summed E-state index contributed by atoms with van der Waals surface area (Å²) in [4.78, 5) is 0. The van der Waals surface area contributed by atoms with E-state index >= 15 is 0 Å². The largest absolute Gasteiger partial charge is 0.0976 e. The average Bonchev–Trinajstić information content (AvgIpc) is 2.10. The highest BCUT2D eigenvalue weighted by Gasteiger charge is 1.79. The molecule has 1 heteroatoms. The highest BCUT2D eigenvalue weighted by atomic mass is 35.5. The van der Waals surface area contributed by atoms with Gasteiger partial charge in [-0.2, -0.15) is 0 Å².